The summed E-state index contributed by atoms with van der Waals surface area (Å²) in [4.78, 5) is 40.6. The molecular formula is C18H34O5. The normalized spacial score (nSPS) is 8.91. The summed E-state index contributed by atoms with van der Waals surface area (Å²) in [5, 5.41) is 7.86. The van der Waals surface area contributed by atoms with E-state index in [-0.39, 0.29) is 12.2 Å². The smallest absolute Gasteiger partial charge is 0.310 e. The highest BCUT2D eigenvalue weighted by molar-refractivity contribution is 5.93. The van der Waals surface area contributed by atoms with Crippen LogP contribution in [0.5, 0.6) is 0 Å². The maximum absolute atomic E-state index is 10.7. The SMILES string of the molecule is CC(=O)CC(=O)O.CCCC(=O)CC.CCCCCC(=O)CC. The number of carbonyl (C=O) groups is 4. The van der Waals surface area contributed by atoms with Crippen LogP contribution >= 0.6 is 0 Å². The van der Waals surface area contributed by atoms with Crippen LogP contribution < -0.4 is 0 Å². The van der Waals surface area contributed by atoms with Crippen molar-refractivity contribution in [1.29, 1.82) is 0 Å². The van der Waals surface area contributed by atoms with Gasteiger partial charge in [-0.2, -0.15) is 0 Å². The van der Waals surface area contributed by atoms with Crippen LogP contribution in [-0.4, -0.2) is 28.4 Å². The van der Waals surface area contributed by atoms with Gasteiger partial charge in [-0.3, -0.25) is 19.2 Å². The van der Waals surface area contributed by atoms with Gasteiger partial charge >= 0.3 is 5.97 Å². The molecule has 0 aliphatic carbocycles. The lowest BCUT2D eigenvalue weighted by Crippen LogP contribution is -2.00. The molecule has 0 aromatic rings. The number of ketones is 3. The summed E-state index contributed by atoms with van der Waals surface area (Å²) in [5.41, 5.74) is 0. The van der Waals surface area contributed by atoms with Crippen molar-refractivity contribution in [2.45, 2.75) is 92.4 Å². The molecule has 0 heterocycles. The van der Waals surface area contributed by atoms with Crippen LogP contribution in [0.15, 0.2) is 0 Å². The van der Waals surface area contributed by atoms with E-state index in [1.54, 1.807) is 0 Å². The first-order valence-corrected chi connectivity index (χ1v) is 8.49. The summed E-state index contributed by atoms with van der Waals surface area (Å²) in [7, 11) is 0. The highest BCUT2D eigenvalue weighted by Gasteiger charge is 1.98. The topological polar surface area (TPSA) is 88.5 Å². The highest BCUT2D eigenvalue weighted by atomic mass is 16.4. The average Bonchev–Trinajstić information content (AvgIpc) is 2.47. The molecule has 0 fully saturated rings. The minimum Gasteiger partial charge on any atom is -0.481 e. The maximum Gasteiger partial charge on any atom is 0.310 e. The number of unbranched alkanes of at least 4 members (excludes halogenated alkanes) is 2. The van der Waals surface area contributed by atoms with Gasteiger partial charge in [-0.15, -0.1) is 0 Å². The number of Topliss-reactive ketones (excluding diaryl/α,β-unsaturated/α-hetero) is 3. The molecule has 0 bridgehead atoms. The minimum absolute atomic E-state index is 0.312. The molecule has 23 heavy (non-hydrogen) atoms. The molecular weight excluding hydrogens is 296 g/mol. The fourth-order valence-electron chi connectivity index (χ4n) is 1.42. The fraction of sp³-hybridized carbons (Fsp3) is 0.778. The van der Waals surface area contributed by atoms with Crippen molar-refractivity contribution in [3.63, 3.8) is 0 Å². The van der Waals surface area contributed by atoms with Crippen LogP contribution in [0.3, 0.4) is 0 Å². The van der Waals surface area contributed by atoms with Gasteiger partial charge in [0.25, 0.3) is 0 Å². The van der Waals surface area contributed by atoms with Gasteiger partial charge in [0.1, 0.15) is 23.8 Å². The number of aliphatic carboxylic acids is 1. The molecule has 0 aliphatic heterocycles. The van der Waals surface area contributed by atoms with Crippen molar-refractivity contribution >= 4 is 23.3 Å². The minimum atomic E-state index is -1.06. The third kappa shape index (κ3) is 33.4. The van der Waals surface area contributed by atoms with E-state index >= 15 is 0 Å². The third-order valence-corrected chi connectivity index (χ3v) is 2.78. The first-order valence-electron chi connectivity index (χ1n) is 8.49. The summed E-state index contributed by atoms with van der Waals surface area (Å²) in [5.74, 6) is -0.592. The van der Waals surface area contributed by atoms with Crippen molar-refractivity contribution in [3.8, 4) is 0 Å². The Morgan fingerprint density at radius 1 is 0.739 bits per heavy atom. The van der Waals surface area contributed by atoms with Crippen molar-refractivity contribution < 1.29 is 24.3 Å². The van der Waals surface area contributed by atoms with Crippen molar-refractivity contribution in [1.82, 2.24) is 0 Å². The largest absolute Gasteiger partial charge is 0.481 e. The molecule has 1 N–H and O–H groups in total. The monoisotopic (exact) mass is 330 g/mol. The maximum atomic E-state index is 10.7. The molecule has 0 saturated carbocycles. The predicted molar refractivity (Wildman–Crippen MR) is 92.6 cm³/mol. The summed E-state index contributed by atoms with van der Waals surface area (Å²) < 4.78 is 0. The number of hydrogen-bond acceptors (Lipinski definition) is 4. The van der Waals surface area contributed by atoms with Crippen molar-refractivity contribution in [2.24, 2.45) is 0 Å². The third-order valence-electron chi connectivity index (χ3n) is 2.78. The Bertz CT molecular complexity index is 322. The van der Waals surface area contributed by atoms with Crippen LogP contribution in [0.25, 0.3) is 0 Å². The molecule has 0 rings (SSSR count). The Balaban J connectivity index is -0.000000264. The Morgan fingerprint density at radius 3 is 1.43 bits per heavy atom. The van der Waals surface area contributed by atoms with Gasteiger partial charge in [0.15, 0.2) is 0 Å². The van der Waals surface area contributed by atoms with Crippen molar-refractivity contribution in [2.75, 3.05) is 0 Å². The van der Waals surface area contributed by atoms with Crippen LogP contribution in [0.2, 0.25) is 0 Å². The van der Waals surface area contributed by atoms with Gasteiger partial charge in [-0.05, 0) is 19.8 Å². The second-order valence-electron chi connectivity index (χ2n) is 5.26. The zero-order chi connectivity index (χ0) is 18.7. The predicted octanol–water partition coefficient (Wildman–Crippen LogP) is 4.36. The lowest BCUT2D eigenvalue weighted by atomic mass is 10.1. The summed E-state index contributed by atoms with van der Waals surface area (Å²) in [6.07, 6.45) is 7.09. The quantitative estimate of drug-likeness (QED) is 0.475. The first-order chi connectivity index (χ1) is 10.7. The van der Waals surface area contributed by atoms with E-state index in [4.69, 9.17) is 5.11 Å². The summed E-state index contributed by atoms with van der Waals surface area (Å²) in [6.45, 7) is 9.24. The first kappa shape index (κ1) is 26.4. The Kier molecular flexibility index (Phi) is 23.5. The molecule has 5 nitrogen and oxygen atoms in total. The Labute approximate surface area is 140 Å². The molecule has 0 radical (unpaired) electrons. The number of carboxylic acids is 1. The van der Waals surface area contributed by atoms with E-state index in [2.05, 4.69) is 6.92 Å². The lowest BCUT2D eigenvalue weighted by molar-refractivity contribution is -0.139. The Hall–Kier alpha value is -1.52. The van der Waals surface area contributed by atoms with Gasteiger partial charge in [0, 0.05) is 25.7 Å². The standard InChI is InChI=1S/C8H16O.C6H12O.C4H6O3/c1-3-5-6-7-8(9)4-2;1-3-5-6(7)4-2;1-3(5)2-4(6)7/h3-7H2,1-2H3;3-5H2,1-2H3;2H2,1H3,(H,6,7). The van der Waals surface area contributed by atoms with Gasteiger partial charge in [-0.1, -0.05) is 40.5 Å². The molecule has 0 unspecified atom stereocenters. The van der Waals surface area contributed by atoms with Crippen LogP contribution in [0.4, 0.5) is 0 Å². The molecule has 0 spiro atoms. The molecule has 0 aromatic carbocycles. The van der Waals surface area contributed by atoms with E-state index in [1.165, 1.54) is 19.8 Å². The van der Waals surface area contributed by atoms with E-state index < -0.39 is 5.97 Å². The zero-order valence-corrected chi connectivity index (χ0v) is 15.4. The van der Waals surface area contributed by atoms with Crippen LogP contribution in [-0.2, 0) is 19.2 Å². The second kappa shape index (κ2) is 20.5. The van der Waals surface area contributed by atoms with Gasteiger partial charge in [0.2, 0.25) is 0 Å². The number of hydrogen-bond donors (Lipinski definition) is 1. The highest BCUT2D eigenvalue weighted by Crippen LogP contribution is 2.00. The molecule has 0 atom stereocenters. The molecule has 0 aromatic heterocycles. The fourth-order valence-corrected chi connectivity index (χ4v) is 1.42. The molecule has 0 aliphatic rings. The number of rotatable bonds is 10. The van der Waals surface area contributed by atoms with E-state index in [1.807, 2.05) is 20.8 Å². The van der Waals surface area contributed by atoms with Crippen LogP contribution in [0, 0.1) is 0 Å². The van der Waals surface area contributed by atoms with Crippen molar-refractivity contribution in [3.05, 3.63) is 0 Å². The molecule has 0 amide bonds. The molecule has 136 valence electrons. The number of carboxylic acid groups (broad SMARTS) is 1. The van der Waals surface area contributed by atoms with Crippen LogP contribution in [0.1, 0.15) is 92.4 Å². The van der Waals surface area contributed by atoms with E-state index in [0.717, 1.165) is 25.7 Å². The van der Waals surface area contributed by atoms with Gasteiger partial charge in [0.05, 0.1) is 0 Å². The van der Waals surface area contributed by atoms with E-state index in [9.17, 15) is 19.2 Å². The molecule has 0 saturated heterocycles. The average molecular weight is 330 g/mol. The van der Waals surface area contributed by atoms with Gasteiger partial charge < -0.3 is 5.11 Å². The Morgan fingerprint density at radius 2 is 1.22 bits per heavy atom. The van der Waals surface area contributed by atoms with E-state index in [0.29, 0.717) is 24.4 Å². The summed E-state index contributed by atoms with van der Waals surface area (Å²) >= 11 is 0. The molecule has 5 heteroatoms. The zero-order valence-electron chi connectivity index (χ0n) is 15.4. The number of carbonyl (C=O) groups excluding carboxylic acids is 3. The second-order valence-corrected chi connectivity index (χ2v) is 5.26. The lowest BCUT2D eigenvalue weighted by Gasteiger charge is -1.93. The summed E-state index contributed by atoms with van der Waals surface area (Å²) in [6, 6.07) is 0. The van der Waals surface area contributed by atoms with Gasteiger partial charge in [-0.25, -0.2) is 0 Å².